The van der Waals surface area contributed by atoms with Gasteiger partial charge in [-0.05, 0) is 37.8 Å². The fourth-order valence-corrected chi connectivity index (χ4v) is 4.12. The van der Waals surface area contributed by atoms with Crippen molar-refractivity contribution in [3.8, 4) is 0 Å². The number of rotatable bonds is 5. The summed E-state index contributed by atoms with van der Waals surface area (Å²) < 4.78 is 5.82. The van der Waals surface area contributed by atoms with Crippen LogP contribution in [0.1, 0.15) is 50.7 Å². The standard InChI is InChI=1S/C20H31N3O2/c1-15-12-23(13-16(2)25-15)14-18-8-4-3-7-17(18)11-22-19(24)20(21)9-5-6-10-20/h3-4,7-8,15-16H,5-6,9-14,21H2,1-2H3,(H,22,24)/t15-,16-/m0/s1. The molecule has 3 N–H and O–H groups in total. The zero-order valence-corrected chi connectivity index (χ0v) is 15.5. The van der Waals surface area contributed by atoms with Gasteiger partial charge in [-0.3, -0.25) is 9.69 Å². The summed E-state index contributed by atoms with van der Waals surface area (Å²) in [5.74, 6) is -0.00609. The Morgan fingerprint density at radius 3 is 2.44 bits per heavy atom. The van der Waals surface area contributed by atoms with Crippen LogP contribution in [0.25, 0.3) is 0 Å². The van der Waals surface area contributed by atoms with Crippen LogP contribution in [0, 0.1) is 0 Å². The van der Waals surface area contributed by atoms with E-state index in [9.17, 15) is 4.79 Å². The number of carbonyl (C=O) groups excluding carboxylic acids is 1. The van der Waals surface area contributed by atoms with Crippen LogP contribution in [0.15, 0.2) is 24.3 Å². The molecule has 2 atom stereocenters. The number of nitrogens with one attached hydrogen (secondary N) is 1. The number of benzene rings is 1. The molecule has 2 fully saturated rings. The van der Waals surface area contributed by atoms with Crippen LogP contribution in [0.2, 0.25) is 0 Å². The number of hydrogen-bond acceptors (Lipinski definition) is 4. The second-order valence-corrected chi connectivity index (χ2v) is 7.77. The van der Waals surface area contributed by atoms with E-state index in [1.165, 1.54) is 11.1 Å². The van der Waals surface area contributed by atoms with Crippen molar-refractivity contribution in [3.05, 3.63) is 35.4 Å². The normalized spacial score (nSPS) is 26.5. The molecule has 1 heterocycles. The molecule has 25 heavy (non-hydrogen) atoms. The molecule has 5 nitrogen and oxygen atoms in total. The summed E-state index contributed by atoms with van der Waals surface area (Å²) in [6.07, 6.45) is 4.21. The molecular weight excluding hydrogens is 314 g/mol. The zero-order chi connectivity index (χ0) is 17.9. The van der Waals surface area contributed by atoms with Gasteiger partial charge in [0.2, 0.25) is 5.91 Å². The van der Waals surface area contributed by atoms with Crippen molar-refractivity contribution in [1.29, 1.82) is 0 Å². The minimum atomic E-state index is -0.663. The molecule has 0 bridgehead atoms. The first-order chi connectivity index (χ1) is 12.0. The summed E-state index contributed by atoms with van der Waals surface area (Å²) in [6, 6.07) is 8.35. The lowest BCUT2D eigenvalue weighted by molar-refractivity contribution is -0.126. The van der Waals surface area contributed by atoms with Gasteiger partial charge in [-0.1, -0.05) is 37.1 Å². The van der Waals surface area contributed by atoms with Gasteiger partial charge in [-0.25, -0.2) is 0 Å². The highest BCUT2D eigenvalue weighted by molar-refractivity contribution is 5.86. The Balaban J connectivity index is 1.62. The van der Waals surface area contributed by atoms with E-state index >= 15 is 0 Å². The number of amides is 1. The van der Waals surface area contributed by atoms with Gasteiger partial charge >= 0.3 is 0 Å². The van der Waals surface area contributed by atoms with E-state index in [0.29, 0.717) is 6.54 Å². The average Bonchev–Trinajstić information content (AvgIpc) is 3.01. The molecule has 0 spiro atoms. The number of morpholine rings is 1. The minimum absolute atomic E-state index is 0.00609. The van der Waals surface area contributed by atoms with Gasteiger partial charge in [0.1, 0.15) is 0 Å². The Hall–Kier alpha value is -1.43. The molecule has 3 rings (SSSR count). The molecule has 0 radical (unpaired) electrons. The number of nitrogens with zero attached hydrogens (tertiary/aromatic N) is 1. The van der Waals surface area contributed by atoms with Crippen molar-refractivity contribution in [3.63, 3.8) is 0 Å². The van der Waals surface area contributed by atoms with E-state index in [0.717, 1.165) is 45.3 Å². The summed E-state index contributed by atoms with van der Waals surface area (Å²) in [4.78, 5) is 14.9. The van der Waals surface area contributed by atoms with Gasteiger partial charge in [0.15, 0.2) is 0 Å². The van der Waals surface area contributed by atoms with Crippen LogP contribution in [0.4, 0.5) is 0 Å². The quantitative estimate of drug-likeness (QED) is 0.858. The van der Waals surface area contributed by atoms with E-state index in [1.54, 1.807) is 0 Å². The van der Waals surface area contributed by atoms with Crippen LogP contribution < -0.4 is 11.1 Å². The second kappa shape index (κ2) is 7.85. The highest BCUT2D eigenvalue weighted by Crippen LogP contribution is 2.27. The maximum atomic E-state index is 12.5. The summed E-state index contributed by atoms with van der Waals surface area (Å²) >= 11 is 0. The molecule has 0 unspecified atom stereocenters. The summed E-state index contributed by atoms with van der Waals surface area (Å²) in [6.45, 7) is 7.56. The van der Waals surface area contributed by atoms with Crippen LogP contribution in [0.5, 0.6) is 0 Å². The predicted octanol–water partition coefficient (Wildman–Crippen LogP) is 2.18. The highest BCUT2D eigenvalue weighted by Gasteiger charge is 2.36. The molecule has 138 valence electrons. The Kier molecular flexibility index (Phi) is 5.77. The van der Waals surface area contributed by atoms with Crippen molar-refractivity contribution < 1.29 is 9.53 Å². The largest absolute Gasteiger partial charge is 0.373 e. The number of ether oxygens (including phenoxy) is 1. The van der Waals surface area contributed by atoms with Gasteiger partial charge in [0, 0.05) is 26.2 Å². The van der Waals surface area contributed by atoms with Crippen LogP contribution in [0.3, 0.4) is 0 Å². The van der Waals surface area contributed by atoms with Crippen LogP contribution in [-0.2, 0) is 22.6 Å². The van der Waals surface area contributed by atoms with Crippen LogP contribution in [-0.4, -0.2) is 41.6 Å². The topological polar surface area (TPSA) is 67.6 Å². The molecule has 1 aromatic rings. The van der Waals surface area contributed by atoms with E-state index in [1.807, 2.05) is 6.07 Å². The maximum absolute atomic E-state index is 12.5. The Labute approximate surface area is 150 Å². The van der Waals surface area contributed by atoms with Gasteiger partial charge in [-0.2, -0.15) is 0 Å². The molecular formula is C20H31N3O2. The maximum Gasteiger partial charge on any atom is 0.240 e. The third-order valence-electron chi connectivity index (χ3n) is 5.39. The third kappa shape index (κ3) is 4.60. The second-order valence-electron chi connectivity index (χ2n) is 7.77. The highest BCUT2D eigenvalue weighted by atomic mass is 16.5. The fraction of sp³-hybridized carbons (Fsp3) is 0.650. The lowest BCUT2D eigenvalue weighted by atomic mass is 9.97. The van der Waals surface area contributed by atoms with E-state index in [2.05, 4.69) is 42.3 Å². The lowest BCUT2D eigenvalue weighted by Crippen LogP contribution is -2.51. The Morgan fingerprint density at radius 2 is 1.80 bits per heavy atom. The van der Waals surface area contributed by atoms with Crippen molar-refractivity contribution in [2.24, 2.45) is 5.73 Å². The number of hydrogen-bond donors (Lipinski definition) is 2. The summed E-state index contributed by atoms with van der Waals surface area (Å²) in [7, 11) is 0. The van der Waals surface area contributed by atoms with Gasteiger partial charge in [0.05, 0.1) is 17.7 Å². The average molecular weight is 345 g/mol. The number of nitrogens with two attached hydrogens (primary N) is 1. The van der Waals surface area contributed by atoms with Crippen molar-refractivity contribution >= 4 is 5.91 Å². The van der Waals surface area contributed by atoms with Crippen molar-refractivity contribution in [2.45, 2.75) is 70.4 Å². The monoisotopic (exact) mass is 345 g/mol. The third-order valence-corrected chi connectivity index (χ3v) is 5.39. The van der Waals surface area contributed by atoms with Gasteiger partial charge in [-0.15, -0.1) is 0 Å². The SMILES string of the molecule is C[C@H]1CN(Cc2ccccc2CNC(=O)C2(N)CCCC2)C[C@H](C)O1. The Bertz CT molecular complexity index is 588. The number of carbonyl (C=O) groups is 1. The first kappa shape index (κ1) is 18.4. The van der Waals surface area contributed by atoms with Crippen molar-refractivity contribution in [1.82, 2.24) is 10.2 Å². The Morgan fingerprint density at radius 1 is 1.20 bits per heavy atom. The molecule has 0 aromatic heterocycles. The minimum Gasteiger partial charge on any atom is -0.373 e. The molecule has 1 aliphatic heterocycles. The molecule has 1 saturated heterocycles. The summed E-state index contributed by atoms with van der Waals surface area (Å²) in [5, 5.41) is 3.07. The first-order valence-corrected chi connectivity index (χ1v) is 9.48. The first-order valence-electron chi connectivity index (χ1n) is 9.48. The molecule has 5 heteroatoms. The van der Waals surface area contributed by atoms with Crippen LogP contribution >= 0.6 is 0 Å². The molecule has 2 aliphatic rings. The van der Waals surface area contributed by atoms with E-state index < -0.39 is 5.54 Å². The molecule has 1 amide bonds. The van der Waals surface area contributed by atoms with E-state index in [-0.39, 0.29) is 18.1 Å². The van der Waals surface area contributed by atoms with E-state index in [4.69, 9.17) is 10.5 Å². The lowest BCUT2D eigenvalue weighted by Gasteiger charge is -2.35. The van der Waals surface area contributed by atoms with Gasteiger partial charge < -0.3 is 15.8 Å². The van der Waals surface area contributed by atoms with Crippen molar-refractivity contribution in [2.75, 3.05) is 13.1 Å². The zero-order valence-electron chi connectivity index (χ0n) is 15.5. The molecule has 1 aliphatic carbocycles. The molecule has 1 saturated carbocycles. The smallest absolute Gasteiger partial charge is 0.240 e. The predicted molar refractivity (Wildman–Crippen MR) is 99.0 cm³/mol. The molecule has 1 aromatic carbocycles. The van der Waals surface area contributed by atoms with Gasteiger partial charge in [0.25, 0.3) is 0 Å². The fourth-order valence-electron chi connectivity index (χ4n) is 4.12. The summed E-state index contributed by atoms with van der Waals surface area (Å²) in [5.41, 5.74) is 8.02.